The maximum absolute atomic E-state index is 7.21. The van der Waals surface area contributed by atoms with Crippen LogP contribution in [-0.2, 0) is 0 Å². The maximum atomic E-state index is 7.21. The van der Waals surface area contributed by atoms with E-state index in [-0.39, 0.29) is 5.04 Å². The summed E-state index contributed by atoms with van der Waals surface area (Å²) in [5, 5.41) is 2.63. The third-order valence-corrected chi connectivity index (χ3v) is 10.7. The first-order valence-electron chi connectivity index (χ1n) is 6.64. The quantitative estimate of drug-likeness (QED) is 0.581. The van der Waals surface area contributed by atoms with Gasteiger partial charge in [0.25, 0.3) is 0 Å². The second kappa shape index (κ2) is 7.46. The van der Waals surface area contributed by atoms with Gasteiger partial charge in [0.15, 0.2) is 0 Å². The highest BCUT2D eigenvalue weighted by Crippen LogP contribution is 2.38. The molecule has 0 radical (unpaired) electrons. The van der Waals surface area contributed by atoms with Gasteiger partial charge in [-0.25, -0.2) is 0 Å². The van der Waals surface area contributed by atoms with Gasteiger partial charge in [0.05, 0.1) is 0 Å². The smallest absolute Gasteiger partial charge is 0.181 e. The van der Waals surface area contributed by atoms with E-state index in [1.54, 1.807) is 0 Å². The molecule has 0 aromatic heterocycles. The van der Waals surface area contributed by atoms with Gasteiger partial charge in [0, 0.05) is 0 Å². The number of hydrogen-bond acceptors (Lipinski definition) is 0. The molecular formula is C16H22Cl2Si2. The van der Waals surface area contributed by atoms with E-state index in [4.69, 9.17) is 22.2 Å². The van der Waals surface area contributed by atoms with Gasteiger partial charge in [-0.05, 0) is 15.4 Å². The van der Waals surface area contributed by atoms with E-state index in [1.807, 2.05) is 12.1 Å². The van der Waals surface area contributed by atoms with Crippen LogP contribution in [-0.4, -0.2) is 16.9 Å². The Bertz CT molecular complexity index is 468. The van der Waals surface area contributed by atoms with Crippen LogP contribution in [0.2, 0.25) is 5.04 Å². The lowest BCUT2D eigenvalue weighted by Crippen LogP contribution is -2.59. The van der Waals surface area contributed by atoms with Crippen molar-refractivity contribution < 1.29 is 0 Å². The number of hydrogen-bond donors (Lipinski definition) is 0. The third-order valence-electron chi connectivity index (χ3n) is 3.38. The first-order chi connectivity index (χ1) is 9.46. The first kappa shape index (κ1) is 17.5. The van der Waals surface area contributed by atoms with Gasteiger partial charge < -0.3 is 0 Å². The third kappa shape index (κ3) is 3.56. The Kier molecular flexibility index (Phi) is 6.53. The molecule has 0 nitrogen and oxygen atoms in total. The van der Waals surface area contributed by atoms with E-state index in [9.17, 15) is 0 Å². The zero-order chi connectivity index (χ0) is 15.2. The van der Waals surface area contributed by atoms with E-state index in [2.05, 4.69) is 69.3 Å². The highest BCUT2D eigenvalue weighted by atomic mass is 35.6. The predicted octanol–water partition coefficient (Wildman–Crippen LogP) is 3.29. The molecule has 0 saturated carbocycles. The molecule has 108 valence electrons. The molecule has 0 aliphatic heterocycles. The van der Waals surface area contributed by atoms with Gasteiger partial charge in [-0.15, -0.1) is 0 Å². The predicted molar refractivity (Wildman–Crippen MR) is 99.3 cm³/mol. The molecule has 0 saturated heterocycles. The van der Waals surface area contributed by atoms with Crippen LogP contribution in [0, 0.1) is 0 Å². The van der Waals surface area contributed by atoms with E-state index in [0.29, 0.717) is 0 Å². The zero-order valence-electron chi connectivity index (χ0n) is 12.5. The highest BCUT2D eigenvalue weighted by molar-refractivity contribution is 7.35. The molecule has 0 amide bonds. The van der Waals surface area contributed by atoms with Crippen molar-refractivity contribution in [3.05, 3.63) is 60.7 Å². The van der Waals surface area contributed by atoms with Crippen LogP contribution in [0.5, 0.6) is 0 Å². The van der Waals surface area contributed by atoms with E-state index >= 15 is 0 Å². The van der Waals surface area contributed by atoms with Crippen LogP contribution in [0.1, 0.15) is 20.8 Å². The van der Waals surface area contributed by atoms with Gasteiger partial charge in [-0.1, -0.05) is 81.4 Å². The summed E-state index contributed by atoms with van der Waals surface area (Å²) in [7, 11) is -1.45. The summed E-state index contributed by atoms with van der Waals surface area (Å²) in [5.41, 5.74) is 0. The van der Waals surface area contributed by atoms with Crippen molar-refractivity contribution in [3.8, 4) is 0 Å². The monoisotopic (exact) mass is 340 g/mol. The summed E-state index contributed by atoms with van der Waals surface area (Å²) in [6.45, 7) is 6.73. The van der Waals surface area contributed by atoms with Gasteiger partial charge in [0.1, 0.15) is 9.55 Å². The summed E-state index contributed by atoms with van der Waals surface area (Å²) < 4.78 is 0. The standard InChI is InChI=1S/C16H19ClSi.ClH3Si/c1-16(2,3)18(17,14-10-6-4-7-11-14)15-12-8-5-9-13-15;1-2/h4-13H,1-3H3;2H3. The fraction of sp³-hybridized carbons (Fsp3) is 0.250. The average Bonchev–Trinajstić information content (AvgIpc) is 2.49. The van der Waals surface area contributed by atoms with Crippen molar-refractivity contribution in [2.75, 3.05) is 0 Å². The van der Waals surface area contributed by atoms with Crippen molar-refractivity contribution in [2.24, 2.45) is 0 Å². The van der Waals surface area contributed by atoms with Crippen LogP contribution in [0.4, 0.5) is 0 Å². The minimum absolute atomic E-state index is 0.0667. The van der Waals surface area contributed by atoms with Crippen molar-refractivity contribution in [1.82, 2.24) is 0 Å². The summed E-state index contributed by atoms with van der Waals surface area (Å²) in [5.74, 6) is 0. The van der Waals surface area contributed by atoms with E-state index in [0.717, 1.165) is 9.55 Å². The van der Waals surface area contributed by atoms with Gasteiger partial charge >= 0.3 is 0 Å². The van der Waals surface area contributed by atoms with Gasteiger partial charge in [-0.3, -0.25) is 0 Å². The Balaban J connectivity index is 0.000000956. The van der Waals surface area contributed by atoms with E-state index in [1.165, 1.54) is 10.4 Å². The van der Waals surface area contributed by atoms with Gasteiger partial charge in [-0.2, -0.15) is 22.2 Å². The average molecular weight is 341 g/mol. The molecule has 2 aromatic rings. The molecule has 0 bridgehead atoms. The van der Waals surface area contributed by atoms with Crippen molar-refractivity contribution in [2.45, 2.75) is 25.8 Å². The topological polar surface area (TPSA) is 0 Å². The largest absolute Gasteiger partial charge is 0.222 e. The van der Waals surface area contributed by atoms with Crippen LogP contribution < -0.4 is 10.4 Å². The fourth-order valence-electron chi connectivity index (χ4n) is 2.37. The molecule has 0 unspecified atom stereocenters. The van der Waals surface area contributed by atoms with Crippen LogP contribution >= 0.6 is 22.2 Å². The van der Waals surface area contributed by atoms with E-state index < -0.39 is 7.38 Å². The minimum atomic E-state index is -2.23. The SMILES string of the molecule is CC(C)(C)[Si](Cl)(c1ccccc1)c1ccccc1.[SiH3]Cl. The molecule has 2 rings (SSSR count). The molecule has 0 N–H and O–H groups in total. The Morgan fingerprint density at radius 1 is 0.750 bits per heavy atom. The lowest BCUT2D eigenvalue weighted by atomic mass is 10.2. The molecule has 2 aromatic carbocycles. The van der Waals surface area contributed by atoms with Crippen molar-refractivity contribution in [3.63, 3.8) is 0 Å². The Labute approximate surface area is 136 Å². The van der Waals surface area contributed by atoms with Crippen LogP contribution in [0.15, 0.2) is 60.7 Å². The molecule has 20 heavy (non-hydrogen) atoms. The van der Waals surface area contributed by atoms with Crippen molar-refractivity contribution in [1.29, 1.82) is 0 Å². The number of benzene rings is 2. The minimum Gasteiger partial charge on any atom is -0.181 e. The molecule has 0 atom stereocenters. The van der Waals surface area contributed by atoms with Crippen LogP contribution in [0.3, 0.4) is 0 Å². The van der Waals surface area contributed by atoms with Crippen molar-refractivity contribution >= 4 is 49.5 Å². The lowest BCUT2D eigenvalue weighted by molar-refractivity contribution is 0.744. The zero-order valence-corrected chi connectivity index (χ0v) is 17.0. The Morgan fingerprint density at radius 3 is 1.30 bits per heavy atom. The molecular weight excluding hydrogens is 319 g/mol. The fourth-order valence-corrected chi connectivity index (χ4v) is 6.49. The Morgan fingerprint density at radius 2 is 1.05 bits per heavy atom. The molecule has 0 spiro atoms. The molecule has 0 aliphatic rings. The van der Waals surface area contributed by atoms with Crippen LogP contribution in [0.25, 0.3) is 0 Å². The summed E-state index contributed by atoms with van der Waals surface area (Å²) in [4.78, 5) is 0. The summed E-state index contributed by atoms with van der Waals surface area (Å²) in [6, 6.07) is 21.1. The summed E-state index contributed by atoms with van der Waals surface area (Å²) in [6.07, 6.45) is 0. The normalized spacial score (nSPS) is 11.7. The maximum Gasteiger partial charge on any atom is 0.222 e. The second-order valence-corrected chi connectivity index (χ2v) is 11.3. The summed E-state index contributed by atoms with van der Waals surface area (Å²) >= 11 is 12.0. The molecule has 4 heteroatoms. The second-order valence-electron chi connectivity index (χ2n) is 5.64. The lowest BCUT2D eigenvalue weighted by Gasteiger charge is -2.38. The molecule has 0 fully saturated rings. The first-order valence-corrected chi connectivity index (χ1v) is 12.7. The van der Waals surface area contributed by atoms with Gasteiger partial charge in [0.2, 0.25) is 7.38 Å². The Hall–Kier alpha value is -0.546. The number of rotatable bonds is 2. The molecule has 0 aliphatic carbocycles. The highest BCUT2D eigenvalue weighted by Gasteiger charge is 2.46. The molecule has 0 heterocycles. The number of halogens is 2.